The van der Waals surface area contributed by atoms with Crippen LogP contribution in [0.3, 0.4) is 0 Å². The van der Waals surface area contributed by atoms with Crippen LogP contribution in [0.4, 0.5) is 5.95 Å². The summed E-state index contributed by atoms with van der Waals surface area (Å²) in [5, 5.41) is 12.0. The SMILES string of the molecule is COc1cccc(OC)c1-n1c(NS(=O)(=O)[C@H](C)[C@@H](C)n2cc(C)cn2)nnc1-c1cncc(C)c1. The molecule has 12 heteroatoms. The molecule has 3 aromatic heterocycles. The standard InChI is InChI=1S/C24H29N7O4S/c1-15-10-19(13-25-11-15)23-27-28-24(31(23)22-20(34-5)8-7-9-21(22)35-6)29-36(32,33)18(4)17(3)30-14-16(2)12-26-30/h7-14,17-18H,1-6H3,(H,28,29)/t17-,18-/m1/s1. The fourth-order valence-corrected chi connectivity index (χ4v) is 5.04. The van der Waals surface area contributed by atoms with Gasteiger partial charge in [-0.2, -0.15) is 5.10 Å². The zero-order valence-electron chi connectivity index (χ0n) is 21.0. The van der Waals surface area contributed by atoms with E-state index in [0.29, 0.717) is 28.6 Å². The molecule has 4 aromatic rings. The van der Waals surface area contributed by atoms with Gasteiger partial charge in [-0.3, -0.25) is 19.0 Å². The topological polar surface area (TPSA) is 126 Å². The van der Waals surface area contributed by atoms with E-state index in [1.165, 1.54) is 14.2 Å². The number of para-hydroxylation sites is 1. The van der Waals surface area contributed by atoms with E-state index in [4.69, 9.17) is 9.47 Å². The van der Waals surface area contributed by atoms with Crippen molar-refractivity contribution in [2.24, 2.45) is 0 Å². The van der Waals surface area contributed by atoms with E-state index in [1.807, 2.05) is 26.1 Å². The molecule has 4 rings (SSSR count). The highest BCUT2D eigenvalue weighted by Gasteiger charge is 2.31. The maximum absolute atomic E-state index is 13.5. The van der Waals surface area contributed by atoms with Gasteiger partial charge in [-0.25, -0.2) is 8.42 Å². The number of rotatable bonds is 9. The number of nitrogens with zero attached hydrogens (tertiary/aromatic N) is 6. The highest BCUT2D eigenvalue weighted by Crippen LogP contribution is 2.38. The molecule has 0 aliphatic rings. The van der Waals surface area contributed by atoms with E-state index in [2.05, 4.69) is 25.0 Å². The molecule has 1 N–H and O–H groups in total. The van der Waals surface area contributed by atoms with Crippen LogP contribution in [0.5, 0.6) is 11.5 Å². The van der Waals surface area contributed by atoms with Gasteiger partial charge in [-0.15, -0.1) is 10.2 Å². The first-order chi connectivity index (χ1) is 17.2. The molecule has 0 spiro atoms. The van der Waals surface area contributed by atoms with Crippen molar-refractivity contribution in [1.82, 2.24) is 29.5 Å². The summed E-state index contributed by atoms with van der Waals surface area (Å²) < 4.78 is 44.0. The molecule has 0 saturated carbocycles. The van der Waals surface area contributed by atoms with Gasteiger partial charge in [0.05, 0.1) is 31.7 Å². The van der Waals surface area contributed by atoms with Crippen molar-refractivity contribution in [3.8, 4) is 28.6 Å². The average molecular weight is 512 g/mol. The number of sulfonamides is 1. The predicted octanol–water partition coefficient (Wildman–Crippen LogP) is 3.55. The van der Waals surface area contributed by atoms with Gasteiger partial charge < -0.3 is 9.47 Å². The third-order valence-corrected chi connectivity index (χ3v) is 7.81. The summed E-state index contributed by atoms with van der Waals surface area (Å²) in [6.45, 7) is 7.23. The van der Waals surface area contributed by atoms with Crippen molar-refractivity contribution in [3.63, 3.8) is 0 Å². The van der Waals surface area contributed by atoms with Crippen molar-refractivity contribution in [1.29, 1.82) is 0 Å². The second-order valence-electron chi connectivity index (χ2n) is 8.54. The minimum Gasteiger partial charge on any atom is -0.494 e. The van der Waals surface area contributed by atoms with Gasteiger partial charge in [-0.05, 0) is 57.0 Å². The molecule has 0 amide bonds. The Morgan fingerprint density at radius 2 is 1.67 bits per heavy atom. The van der Waals surface area contributed by atoms with Crippen LogP contribution in [0.25, 0.3) is 17.1 Å². The Morgan fingerprint density at radius 1 is 0.972 bits per heavy atom. The normalized spacial score (nSPS) is 13.3. The maximum atomic E-state index is 13.5. The van der Waals surface area contributed by atoms with Gasteiger partial charge in [0, 0.05) is 24.2 Å². The Balaban J connectivity index is 1.85. The Bertz CT molecular complexity index is 1460. The van der Waals surface area contributed by atoms with Gasteiger partial charge in [0.1, 0.15) is 17.2 Å². The van der Waals surface area contributed by atoms with Crippen LogP contribution in [0.15, 0.2) is 49.1 Å². The quantitative estimate of drug-likeness (QED) is 0.362. The third-order valence-electron chi connectivity index (χ3n) is 5.97. The Hall–Kier alpha value is -3.93. The number of aromatic nitrogens is 6. The average Bonchev–Trinajstić information content (AvgIpc) is 3.48. The van der Waals surface area contributed by atoms with Crippen LogP contribution in [0.2, 0.25) is 0 Å². The van der Waals surface area contributed by atoms with Crippen molar-refractivity contribution in [2.75, 3.05) is 18.9 Å². The molecule has 0 saturated heterocycles. The Morgan fingerprint density at radius 3 is 2.25 bits per heavy atom. The highest BCUT2D eigenvalue weighted by molar-refractivity contribution is 7.93. The molecule has 3 heterocycles. The van der Waals surface area contributed by atoms with Crippen molar-refractivity contribution >= 4 is 16.0 Å². The zero-order chi connectivity index (χ0) is 26.0. The smallest absolute Gasteiger partial charge is 0.243 e. The largest absolute Gasteiger partial charge is 0.494 e. The molecule has 0 radical (unpaired) electrons. The summed E-state index contributed by atoms with van der Waals surface area (Å²) in [6, 6.07) is 6.73. The van der Waals surface area contributed by atoms with Crippen LogP contribution in [-0.2, 0) is 10.0 Å². The van der Waals surface area contributed by atoms with Crippen LogP contribution in [0, 0.1) is 13.8 Å². The first kappa shape index (κ1) is 25.2. The van der Waals surface area contributed by atoms with Gasteiger partial charge in [-0.1, -0.05) is 6.07 Å². The van der Waals surface area contributed by atoms with Crippen LogP contribution in [0.1, 0.15) is 31.0 Å². The Labute approximate surface area is 210 Å². The maximum Gasteiger partial charge on any atom is 0.243 e. The molecular formula is C24H29N7O4S. The molecule has 11 nitrogen and oxygen atoms in total. The first-order valence-electron chi connectivity index (χ1n) is 11.3. The number of anilines is 1. The Kier molecular flexibility index (Phi) is 6.97. The van der Waals surface area contributed by atoms with Crippen molar-refractivity contribution in [2.45, 2.75) is 39.0 Å². The number of nitrogens with one attached hydrogen (secondary N) is 1. The van der Waals surface area contributed by atoms with Crippen molar-refractivity contribution in [3.05, 3.63) is 60.2 Å². The molecule has 2 atom stereocenters. The molecule has 0 unspecified atom stereocenters. The first-order valence-corrected chi connectivity index (χ1v) is 12.8. The fourth-order valence-electron chi connectivity index (χ4n) is 3.83. The lowest BCUT2D eigenvalue weighted by molar-refractivity contribution is 0.391. The molecular weight excluding hydrogens is 482 g/mol. The lowest BCUT2D eigenvalue weighted by Gasteiger charge is -2.22. The molecule has 0 aliphatic heterocycles. The number of aryl methyl sites for hydroxylation is 2. The van der Waals surface area contributed by atoms with Crippen molar-refractivity contribution < 1.29 is 17.9 Å². The molecule has 0 bridgehead atoms. The second kappa shape index (κ2) is 9.97. The van der Waals surface area contributed by atoms with Gasteiger partial charge in [0.2, 0.25) is 16.0 Å². The minimum atomic E-state index is -3.93. The van der Waals surface area contributed by atoms with Gasteiger partial charge in [0.15, 0.2) is 5.82 Å². The summed E-state index contributed by atoms with van der Waals surface area (Å²) in [5.41, 5.74) is 2.95. The number of pyridine rings is 1. The number of hydrogen-bond acceptors (Lipinski definition) is 8. The molecule has 0 aliphatic carbocycles. The number of methoxy groups -OCH3 is 2. The van der Waals surface area contributed by atoms with Crippen LogP contribution in [-0.4, -0.2) is 57.4 Å². The highest BCUT2D eigenvalue weighted by atomic mass is 32.2. The summed E-state index contributed by atoms with van der Waals surface area (Å²) in [4.78, 5) is 4.26. The molecule has 0 fully saturated rings. The predicted molar refractivity (Wildman–Crippen MR) is 136 cm³/mol. The minimum absolute atomic E-state index is 0.00926. The van der Waals surface area contributed by atoms with E-state index in [9.17, 15) is 8.42 Å². The van der Waals surface area contributed by atoms with E-state index >= 15 is 0 Å². The second-order valence-corrected chi connectivity index (χ2v) is 10.6. The van der Waals surface area contributed by atoms with E-state index < -0.39 is 21.3 Å². The number of ether oxygens (including phenoxy) is 2. The van der Waals surface area contributed by atoms with E-state index in [-0.39, 0.29) is 5.95 Å². The molecule has 1 aromatic carbocycles. The molecule has 36 heavy (non-hydrogen) atoms. The summed E-state index contributed by atoms with van der Waals surface area (Å²) >= 11 is 0. The number of benzene rings is 1. The fraction of sp³-hybridized carbons (Fsp3) is 0.333. The summed E-state index contributed by atoms with van der Waals surface area (Å²) in [5.74, 6) is 1.26. The molecule has 190 valence electrons. The van der Waals surface area contributed by atoms with E-state index in [0.717, 1.165) is 11.1 Å². The third kappa shape index (κ3) is 4.76. The van der Waals surface area contributed by atoms with Crippen LogP contribution >= 0.6 is 0 Å². The van der Waals surface area contributed by atoms with Gasteiger partial charge in [0.25, 0.3) is 0 Å². The summed E-state index contributed by atoms with van der Waals surface area (Å²) in [6.07, 6.45) is 6.85. The lowest BCUT2D eigenvalue weighted by atomic mass is 10.2. The monoisotopic (exact) mass is 511 g/mol. The van der Waals surface area contributed by atoms with Gasteiger partial charge >= 0.3 is 0 Å². The summed E-state index contributed by atoms with van der Waals surface area (Å²) in [7, 11) is -0.882. The van der Waals surface area contributed by atoms with Crippen LogP contribution < -0.4 is 14.2 Å². The van der Waals surface area contributed by atoms with E-state index in [1.54, 1.807) is 59.9 Å². The lowest BCUT2D eigenvalue weighted by Crippen LogP contribution is -2.33. The number of hydrogen-bond donors (Lipinski definition) is 1. The zero-order valence-corrected chi connectivity index (χ0v) is 21.8.